The average molecular weight is 627 g/mol. The fourth-order valence-electron chi connectivity index (χ4n) is 4.64. The first kappa shape index (κ1) is 27.2. The summed E-state index contributed by atoms with van der Waals surface area (Å²) in [5.74, 6) is -2.35. The van der Waals surface area contributed by atoms with Gasteiger partial charge in [-0.1, -0.05) is 59.0 Å². The molecule has 2 aromatic carbocycles. The smallest absolute Gasteiger partial charge is 0.333 e. The Hall–Kier alpha value is -2.88. The summed E-state index contributed by atoms with van der Waals surface area (Å²) in [6, 6.07) is 11.0. The van der Waals surface area contributed by atoms with Gasteiger partial charge in [-0.15, -0.1) is 0 Å². The number of amides is 4. The number of urea groups is 1. The molecule has 2 aliphatic heterocycles. The minimum atomic E-state index is -1.05. The predicted octanol–water partition coefficient (Wildman–Crippen LogP) is 1.30. The molecule has 2 fully saturated rings. The van der Waals surface area contributed by atoms with Crippen LogP contribution in [0, 0.1) is 11.6 Å². The number of nitrogens with two attached hydrogens (primary N) is 2. The number of fused-ring (bicyclic) bond motifs is 1. The van der Waals surface area contributed by atoms with Crippen molar-refractivity contribution in [3.63, 3.8) is 0 Å². The van der Waals surface area contributed by atoms with Gasteiger partial charge in [0, 0.05) is 31.1 Å². The Morgan fingerprint density at radius 2 is 1.86 bits per heavy atom. The number of nitrogens with zero attached hydrogens (tertiary/aromatic N) is 4. The lowest BCUT2D eigenvalue weighted by atomic mass is 10.0. The highest BCUT2D eigenvalue weighted by atomic mass is 127. The molecule has 10 nitrogen and oxygen atoms in total. The number of nitrogens with one attached hydrogen (secondary N) is 1. The van der Waals surface area contributed by atoms with Crippen LogP contribution in [0.3, 0.4) is 0 Å². The van der Waals surface area contributed by atoms with E-state index in [0.717, 1.165) is 17.7 Å². The second-order valence-electron chi connectivity index (χ2n) is 8.92. The van der Waals surface area contributed by atoms with Gasteiger partial charge >= 0.3 is 6.03 Å². The van der Waals surface area contributed by atoms with Gasteiger partial charge in [0.05, 0.1) is 23.8 Å². The normalized spacial score (nSPS) is 20.4. The molecular formula is C24H28F2IN7O3. The molecule has 0 spiro atoms. The molecule has 2 atom stereocenters. The highest BCUT2D eigenvalue weighted by molar-refractivity contribution is 14.1. The van der Waals surface area contributed by atoms with Crippen LogP contribution in [0.25, 0.3) is 0 Å². The van der Waals surface area contributed by atoms with Crippen molar-refractivity contribution in [2.45, 2.75) is 37.9 Å². The van der Waals surface area contributed by atoms with E-state index in [2.05, 4.69) is 27.9 Å². The standard InChI is InChI=1S/C24H28F2IN7O3/c25-17-7-6-16(18(26)8-17)11-31-12-21-33(19(23(31)36)9-20(28)29)22(35)13-32(14-27)34(21)24(37)30-10-15-4-2-1-3-5-15/h1-8,19-21H,9-14,28-29H2,(H,30,37)/t19-,21-/m0/s1. The summed E-state index contributed by atoms with van der Waals surface area (Å²) in [4.78, 5) is 42.8. The molecule has 2 aliphatic rings. The number of hydrogen-bond donors (Lipinski definition) is 3. The van der Waals surface area contributed by atoms with Crippen LogP contribution in [-0.4, -0.2) is 73.7 Å². The van der Waals surface area contributed by atoms with Gasteiger partial charge in [-0.3, -0.25) is 9.59 Å². The molecular weight excluding hydrogens is 599 g/mol. The average Bonchev–Trinajstić information content (AvgIpc) is 2.86. The molecule has 0 radical (unpaired) electrons. The molecule has 0 saturated carbocycles. The van der Waals surface area contributed by atoms with Crippen molar-refractivity contribution in [2.24, 2.45) is 11.5 Å². The minimum Gasteiger partial charge on any atom is -0.333 e. The van der Waals surface area contributed by atoms with E-state index in [1.807, 2.05) is 30.3 Å². The van der Waals surface area contributed by atoms with E-state index in [0.29, 0.717) is 4.55 Å². The van der Waals surface area contributed by atoms with Gasteiger partial charge in [0.25, 0.3) is 0 Å². The highest BCUT2D eigenvalue weighted by Gasteiger charge is 2.51. The van der Waals surface area contributed by atoms with Crippen molar-refractivity contribution in [3.8, 4) is 0 Å². The summed E-state index contributed by atoms with van der Waals surface area (Å²) < 4.78 is 28.2. The zero-order valence-corrected chi connectivity index (χ0v) is 22.1. The van der Waals surface area contributed by atoms with Gasteiger partial charge in [-0.2, -0.15) is 5.01 Å². The summed E-state index contributed by atoms with van der Waals surface area (Å²) in [5, 5.41) is 5.89. The second-order valence-corrected chi connectivity index (χ2v) is 9.61. The molecule has 0 unspecified atom stereocenters. The summed E-state index contributed by atoms with van der Waals surface area (Å²) in [5.41, 5.74) is 12.6. The number of rotatable bonds is 7. The predicted molar refractivity (Wildman–Crippen MR) is 139 cm³/mol. The molecule has 2 saturated heterocycles. The maximum atomic E-state index is 14.5. The van der Waals surface area contributed by atoms with E-state index < -0.39 is 41.9 Å². The molecule has 13 heteroatoms. The lowest BCUT2D eigenvalue weighted by Crippen LogP contribution is -2.76. The third kappa shape index (κ3) is 6.00. The van der Waals surface area contributed by atoms with E-state index in [1.165, 1.54) is 20.9 Å². The van der Waals surface area contributed by atoms with Gasteiger partial charge in [0.1, 0.15) is 23.8 Å². The lowest BCUT2D eigenvalue weighted by Gasteiger charge is -2.55. The third-order valence-corrected chi connectivity index (χ3v) is 7.12. The first-order valence-corrected chi connectivity index (χ1v) is 13.2. The van der Waals surface area contributed by atoms with Crippen LogP contribution in [0.15, 0.2) is 48.5 Å². The second kappa shape index (κ2) is 11.7. The van der Waals surface area contributed by atoms with E-state index in [9.17, 15) is 23.2 Å². The van der Waals surface area contributed by atoms with Crippen LogP contribution in [0.5, 0.6) is 0 Å². The molecule has 198 valence electrons. The van der Waals surface area contributed by atoms with Crippen LogP contribution in [-0.2, 0) is 22.7 Å². The van der Waals surface area contributed by atoms with Crippen molar-refractivity contribution >= 4 is 40.4 Å². The Balaban J connectivity index is 1.65. The largest absolute Gasteiger partial charge is 0.334 e. The van der Waals surface area contributed by atoms with E-state index >= 15 is 0 Å². The van der Waals surface area contributed by atoms with Gasteiger partial charge in [-0.05, 0) is 11.6 Å². The molecule has 2 aromatic rings. The first-order valence-electron chi connectivity index (χ1n) is 11.7. The Bertz CT molecular complexity index is 1160. The van der Waals surface area contributed by atoms with Gasteiger partial charge < -0.3 is 26.6 Å². The van der Waals surface area contributed by atoms with Crippen LogP contribution in [0.4, 0.5) is 13.6 Å². The third-order valence-electron chi connectivity index (χ3n) is 6.33. The molecule has 37 heavy (non-hydrogen) atoms. The van der Waals surface area contributed by atoms with Crippen molar-refractivity contribution in [1.29, 1.82) is 0 Å². The maximum Gasteiger partial charge on any atom is 0.334 e. The number of piperazine rings is 1. The van der Waals surface area contributed by atoms with Crippen molar-refractivity contribution in [3.05, 3.63) is 71.3 Å². The molecule has 0 bridgehead atoms. The minimum absolute atomic E-state index is 0.0484. The Kier molecular flexibility index (Phi) is 8.56. The molecule has 4 amide bonds. The van der Waals surface area contributed by atoms with Crippen LogP contribution in [0.2, 0.25) is 0 Å². The van der Waals surface area contributed by atoms with Gasteiger partial charge in [-0.25, -0.2) is 18.6 Å². The number of carbonyl (C=O) groups excluding carboxylic acids is 3. The monoisotopic (exact) mass is 627 g/mol. The summed E-state index contributed by atoms with van der Waals surface area (Å²) >= 11 is 2.06. The molecule has 2 heterocycles. The zero-order chi connectivity index (χ0) is 26.7. The van der Waals surface area contributed by atoms with E-state index in [4.69, 9.17) is 11.5 Å². The number of hydrogen-bond acceptors (Lipinski definition) is 6. The number of halogens is 3. The molecule has 0 aliphatic carbocycles. The fraction of sp³-hybridized carbons (Fsp3) is 0.375. The maximum absolute atomic E-state index is 14.5. The van der Waals surface area contributed by atoms with Gasteiger partial charge in [0.15, 0.2) is 0 Å². The Morgan fingerprint density at radius 1 is 1.14 bits per heavy atom. The zero-order valence-electron chi connectivity index (χ0n) is 19.9. The van der Waals surface area contributed by atoms with E-state index in [-0.39, 0.29) is 44.1 Å². The topological polar surface area (TPSA) is 128 Å². The number of alkyl halides is 1. The number of hydrazine groups is 1. The molecule has 0 aromatic heterocycles. The number of carbonyl (C=O) groups is 3. The summed E-state index contributed by atoms with van der Waals surface area (Å²) in [7, 11) is 0. The number of benzene rings is 2. The Labute approximate surface area is 226 Å². The first-order chi connectivity index (χ1) is 17.7. The van der Waals surface area contributed by atoms with Crippen LogP contribution in [0.1, 0.15) is 17.5 Å². The van der Waals surface area contributed by atoms with Crippen molar-refractivity contribution in [1.82, 2.24) is 25.1 Å². The quantitative estimate of drug-likeness (QED) is 0.184. The summed E-state index contributed by atoms with van der Waals surface area (Å²) in [6.45, 7) is -0.117. The van der Waals surface area contributed by atoms with Crippen LogP contribution < -0.4 is 16.8 Å². The molecule has 5 N–H and O–H groups in total. The fourth-order valence-corrected chi connectivity index (χ4v) is 5.21. The van der Waals surface area contributed by atoms with E-state index in [1.54, 1.807) is 5.01 Å². The van der Waals surface area contributed by atoms with Crippen LogP contribution >= 0.6 is 22.6 Å². The van der Waals surface area contributed by atoms with Crippen molar-refractivity contribution < 1.29 is 23.2 Å². The SMILES string of the molecule is NC(N)C[C@H]1C(=O)N(Cc2ccc(F)cc2F)C[C@H]2N1C(=O)CN(CI)N2C(=O)NCc1ccccc1. The van der Waals surface area contributed by atoms with Crippen molar-refractivity contribution in [2.75, 3.05) is 17.6 Å². The van der Waals surface area contributed by atoms with Gasteiger partial charge in [0.2, 0.25) is 11.8 Å². The Morgan fingerprint density at radius 3 is 2.51 bits per heavy atom. The molecule has 4 rings (SSSR count). The highest BCUT2D eigenvalue weighted by Crippen LogP contribution is 2.29. The summed E-state index contributed by atoms with van der Waals surface area (Å²) in [6.07, 6.45) is -1.84. The lowest BCUT2D eigenvalue weighted by molar-refractivity contribution is -0.188.